The second kappa shape index (κ2) is 13.9. The topological polar surface area (TPSA) is 128 Å². The summed E-state index contributed by atoms with van der Waals surface area (Å²) in [5.41, 5.74) is 4.87. The molecule has 11 heteroatoms. The molecule has 2 aromatic heterocycles. The fourth-order valence-corrected chi connectivity index (χ4v) is 5.25. The van der Waals surface area contributed by atoms with Crippen molar-refractivity contribution in [3.05, 3.63) is 107 Å². The maximum absolute atomic E-state index is 13.7. The predicted octanol–water partition coefficient (Wildman–Crippen LogP) is 5.29. The van der Waals surface area contributed by atoms with E-state index >= 15 is 0 Å². The number of methoxy groups -OCH3 is 1. The molecule has 43 heavy (non-hydrogen) atoms. The van der Waals surface area contributed by atoms with Crippen LogP contribution < -0.4 is 5.32 Å². The number of aromatic amines is 1. The Labute approximate surface area is 254 Å². The first-order valence-corrected chi connectivity index (χ1v) is 14.5. The third-order valence-electron chi connectivity index (χ3n) is 7.17. The minimum Gasteiger partial charge on any atom is -0.467 e. The number of esters is 1. The van der Waals surface area contributed by atoms with E-state index in [1.165, 1.54) is 7.11 Å². The Kier molecular flexibility index (Phi) is 9.58. The van der Waals surface area contributed by atoms with Gasteiger partial charge < -0.3 is 14.6 Å². The quantitative estimate of drug-likeness (QED) is 0.187. The van der Waals surface area contributed by atoms with Crippen LogP contribution in [0.2, 0.25) is 5.15 Å². The van der Waals surface area contributed by atoms with E-state index in [1.807, 2.05) is 83.4 Å². The summed E-state index contributed by atoms with van der Waals surface area (Å²) in [5, 5.41) is 17.4. The molecular formula is C32H32ClN7O3. The van der Waals surface area contributed by atoms with Crippen molar-refractivity contribution in [2.24, 2.45) is 0 Å². The molecule has 0 spiro atoms. The number of amides is 1. The van der Waals surface area contributed by atoms with Crippen molar-refractivity contribution in [3.63, 3.8) is 0 Å². The Hall–Kier alpha value is -4.83. The van der Waals surface area contributed by atoms with E-state index in [0.29, 0.717) is 24.6 Å². The summed E-state index contributed by atoms with van der Waals surface area (Å²) in [6.07, 6.45) is 2.78. The van der Waals surface area contributed by atoms with Gasteiger partial charge in [0.05, 0.1) is 7.11 Å². The molecule has 0 saturated carbocycles. The molecule has 220 valence electrons. The van der Waals surface area contributed by atoms with Crippen molar-refractivity contribution in [1.29, 1.82) is 0 Å². The van der Waals surface area contributed by atoms with Crippen LogP contribution >= 0.6 is 11.6 Å². The van der Waals surface area contributed by atoms with Crippen LogP contribution in [-0.4, -0.2) is 55.2 Å². The van der Waals surface area contributed by atoms with Gasteiger partial charge in [-0.15, -0.1) is 10.2 Å². The number of tetrazole rings is 1. The third kappa shape index (κ3) is 6.98. The van der Waals surface area contributed by atoms with E-state index in [9.17, 15) is 9.59 Å². The van der Waals surface area contributed by atoms with Crippen molar-refractivity contribution in [3.8, 4) is 22.5 Å². The fourth-order valence-electron chi connectivity index (χ4n) is 4.97. The number of rotatable bonds is 12. The monoisotopic (exact) mass is 597 g/mol. The molecule has 5 rings (SSSR count). The van der Waals surface area contributed by atoms with Gasteiger partial charge in [0, 0.05) is 24.9 Å². The molecule has 2 heterocycles. The highest BCUT2D eigenvalue weighted by atomic mass is 35.5. The minimum atomic E-state index is -0.892. The third-order valence-corrected chi connectivity index (χ3v) is 7.43. The highest BCUT2D eigenvalue weighted by Crippen LogP contribution is 2.30. The Morgan fingerprint density at radius 3 is 2.37 bits per heavy atom. The summed E-state index contributed by atoms with van der Waals surface area (Å²) in [6, 6.07) is 24.5. The Morgan fingerprint density at radius 2 is 1.70 bits per heavy atom. The first-order chi connectivity index (χ1) is 21.0. The zero-order valence-electron chi connectivity index (χ0n) is 24.0. The van der Waals surface area contributed by atoms with Crippen LogP contribution in [0, 0.1) is 0 Å². The molecule has 3 aromatic carbocycles. The van der Waals surface area contributed by atoms with Crippen molar-refractivity contribution < 1.29 is 14.3 Å². The first-order valence-electron chi connectivity index (χ1n) is 14.1. The van der Waals surface area contributed by atoms with Crippen LogP contribution in [0.15, 0.2) is 78.9 Å². The van der Waals surface area contributed by atoms with E-state index in [0.717, 1.165) is 40.7 Å². The first kappa shape index (κ1) is 29.7. The second-order valence-corrected chi connectivity index (χ2v) is 10.4. The zero-order valence-corrected chi connectivity index (χ0v) is 24.7. The molecule has 10 nitrogen and oxygen atoms in total. The molecule has 2 N–H and O–H groups in total. The van der Waals surface area contributed by atoms with Crippen LogP contribution in [0.4, 0.5) is 0 Å². The number of nitrogens with one attached hydrogen (secondary N) is 2. The highest BCUT2D eigenvalue weighted by molar-refractivity contribution is 6.32. The van der Waals surface area contributed by atoms with Gasteiger partial charge in [0.1, 0.15) is 17.6 Å². The largest absolute Gasteiger partial charge is 0.467 e. The summed E-state index contributed by atoms with van der Waals surface area (Å²) in [5.74, 6) is 0.196. The SMILES string of the molecule is CCCCc1nc(Cl)c(C(=O)N[C@@H](Cc2ccccc2)C(=O)OC)n1Cc1ccc(-c2ccccc2-c2nn[nH]n2)cc1. The molecule has 1 amide bonds. The normalized spacial score (nSPS) is 11.7. The second-order valence-electron chi connectivity index (χ2n) is 10.1. The summed E-state index contributed by atoms with van der Waals surface area (Å²) in [4.78, 5) is 30.9. The molecular weight excluding hydrogens is 566 g/mol. The lowest BCUT2D eigenvalue weighted by atomic mass is 9.98. The number of nitrogens with zero attached hydrogens (tertiary/aromatic N) is 5. The molecule has 0 aliphatic carbocycles. The molecule has 0 bridgehead atoms. The van der Waals surface area contributed by atoms with E-state index < -0.39 is 17.9 Å². The van der Waals surface area contributed by atoms with Gasteiger partial charge in [-0.1, -0.05) is 104 Å². The number of carbonyl (C=O) groups excluding carboxylic acids is 2. The van der Waals surface area contributed by atoms with Gasteiger partial charge in [-0.3, -0.25) is 4.79 Å². The zero-order chi connectivity index (χ0) is 30.2. The number of hydrogen-bond acceptors (Lipinski definition) is 7. The van der Waals surface area contributed by atoms with Gasteiger partial charge in [-0.25, -0.2) is 9.78 Å². The molecule has 1 atom stereocenters. The number of aryl methyl sites for hydroxylation is 1. The lowest BCUT2D eigenvalue weighted by Gasteiger charge is -2.18. The molecule has 0 radical (unpaired) electrons. The number of carbonyl (C=O) groups is 2. The van der Waals surface area contributed by atoms with Crippen molar-refractivity contribution in [1.82, 2.24) is 35.5 Å². The van der Waals surface area contributed by atoms with Gasteiger partial charge in [0.15, 0.2) is 5.15 Å². The number of hydrogen-bond donors (Lipinski definition) is 2. The van der Waals surface area contributed by atoms with Gasteiger partial charge in [-0.2, -0.15) is 5.21 Å². The Morgan fingerprint density at radius 1 is 0.977 bits per heavy atom. The summed E-state index contributed by atoms with van der Waals surface area (Å²) >= 11 is 6.59. The maximum Gasteiger partial charge on any atom is 0.328 e. The number of imidazole rings is 1. The van der Waals surface area contributed by atoms with E-state index in [2.05, 4.69) is 37.8 Å². The summed E-state index contributed by atoms with van der Waals surface area (Å²) in [6.45, 7) is 2.47. The van der Waals surface area contributed by atoms with E-state index in [4.69, 9.17) is 16.3 Å². The van der Waals surface area contributed by atoms with Crippen molar-refractivity contribution in [2.75, 3.05) is 7.11 Å². The number of halogens is 1. The number of ether oxygens (including phenoxy) is 1. The van der Waals surface area contributed by atoms with Gasteiger partial charge in [0.25, 0.3) is 5.91 Å². The van der Waals surface area contributed by atoms with Crippen molar-refractivity contribution in [2.45, 2.75) is 45.2 Å². The number of H-pyrrole nitrogens is 1. The maximum atomic E-state index is 13.7. The van der Waals surface area contributed by atoms with Crippen LogP contribution in [-0.2, 0) is 28.9 Å². The lowest BCUT2D eigenvalue weighted by molar-refractivity contribution is -0.142. The lowest BCUT2D eigenvalue weighted by Crippen LogP contribution is -2.43. The highest BCUT2D eigenvalue weighted by Gasteiger charge is 2.28. The number of benzene rings is 3. The van der Waals surface area contributed by atoms with E-state index in [-0.39, 0.29) is 17.3 Å². The van der Waals surface area contributed by atoms with Crippen LogP contribution in [0.3, 0.4) is 0 Å². The fraction of sp³-hybridized carbons (Fsp3) is 0.250. The molecule has 0 saturated heterocycles. The van der Waals surface area contributed by atoms with Gasteiger partial charge in [-0.05, 0) is 33.9 Å². The standard InChI is InChI=1S/C32H32ClN7O3/c1-3-4-14-27-35-29(33)28(31(41)34-26(32(42)43-2)19-21-10-6-5-7-11-21)40(27)20-22-15-17-23(18-16-22)24-12-8-9-13-25(24)30-36-38-39-37-30/h5-13,15-18,26H,3-4,14,19-20H2,1-2H3,(H,34,41)(H,36,37,38,39)/t26-/m0/s1. The molecule has 0 fully saturated rings. The molecule has 5 aromatic rings. The number of unbranched alkanes of at least 4 members (excludes halogenated alkanes) is 1. The summed E-state index contributed by atoms with van der Waals surface area (Å²) in [7, 11) is 1.30. The summed E-state index contributed by atoms with van der Waals surface area (Å²) < 4.78 is 6.83. The molecule has 0 aliphatic heterocycles. The molecule has 0 aliphatic rings. The average molecular weight is 598 g/mol. The Balaban J connectivity index is 1.43. The average Bonchev–Trinajstić information content (AvgIpc) is 3.68. The minimum absolute atomic E-state index is 0.0950. The van der Waals surface area contributed by atoms with Crippen LogP contribution in [0.5, 0.6) is 0 Å². The Bertz CT molecular complexity index is 1670. The predicted molar refractivity (Wildman–Crippen MR) is 163 cm³/mol. The van der Waals surface area contributed by atoms with Crippen molar-refractivity contribution >= 4 is 23.5 Å². The van der Waals surface area contributed by atoms with E-state index in [1.54, 1.807) is 0 Å². The van der Waals surface area contributed by atoms with Crippen LogP contribution in [0.25, 0.3) is 22.5 Å². The van der Waals surface area contributed by atoms with Gasteiger partial charge >= 0.3 is 5.97 Å². The van der Waals surface area contributed by atoms with Crippen LogP contribution in [0.1, 0.15) is 47.2 Å². The smallest absolute Gasteiger partial charge is 0.328 e. The molecule has 0 unspecified atom stereocenters. The van der Waals surface area contributed by atoms with Gasteiger partial charge in [0.2, 0.25) is 5.82 Å². The number of aromatic nitrogens is 6.